The van der Waals surface area contributed by atoms with Gasteiger partial charge in [0.25, 0.3) is 0 Å². The Labute approximate surface area is 142 Å². The second-order valence-corrected chi connectivity index (χ2v) is 6.26. The molecule has 0 aliphatic rings. The van der Waals surface area contributed by atoms with Gasteiger partial charge in [-0.2, -0.15) is 5.10 Å². The highest BCUT2D eigenvalue weighted by Crippen LogP contribution is 2.23. The maximum absolute atomic E-state index is 4.66. The van der Waals surface area contributed by atoms with Gasteiger partial charge in [-0.3, -0.25) is 4.98 Å². The molecule has 5 heteroatoms. The minimum atomic E-state index is 0.148. The number of aromatic nitrogens is 4. The van der Waals surface area contributed by atoms with E-state index >= 15 is 0 Å². The van der Waals surface area contributed by atoms with Crippen molar-refractivity contribution >= 4 is 5.82 Å². The maximum Gasteiger partial charge on any atom is 0.174 e. The predicted molar refractivity (Wildman–Crippen MR) is 96.6 cm³/mol. The average molecular weight is 321 g/mol. The number of anilines is 1. The van der Waals surface area contributed by atoms with Gasteiger partial charge in [0, 0.05) is 5.69 Å². The normalized spacial score (nSPS) is 12.2. The summed E-state index contributed by atoms with van der Waals surface area (Å²) in [6.45, 7) is 10.4. The van der Waals surface area contributed by atoms with E-state index in [2.05, 4.69) is 59.4 Å². The highest BCUT2D eigenvalue weighted by molar-refractivity contribution is 5.43. The molecule has 0 saturated carbocycles. The number of aryl methyl sites for hydroxylation is 3. The summed E-state index contributed by atoms with van der Waals surface area (Å²) in [7, 11) is 0. The van der Waals surface area contributed by atoms with E-state index in [-0.39, 0.29) is 6.04 Å². The third-order valence-electron chi connectivity index (χ3n) is 4.33. The second-order valence-electron chi connectivity index (χ2n) is 6.26. The summed E-state index contributed by atoms with van der Waals surface area (Å²) in [4.78, 5) is 8.97. The SMILES string of the molecule is Cc1cc(C)n(-c2cncc(NC(C)c3cccc(C)c3C)n2)n1. The Morgan fingerprint density at radius 3 is 2.58 bits per heavy atom. The van der Waals surface area contributed by atoms with Crippen LogP contribution in [0.4, 0.5) is 5.82 Å². The van der Waals surface area contributed by atoms with E-state index in [9.17, 15) is 0 Å². The molecule has 0 amide bonds. The third kappa shape index (κ3) is 3.15. The van der Waals surface area contributed by atoms with E-state index in [0.717, 1.165) is 23.0 Å². The first-order valence-electron chi connectivity index (χ1n) is 8.14. The average Bonchev–Trinajstić information content (AvgIpc) is 2.89. The molecule has 2 heterocycles. The lowest BCUT2D eigenvalue weighted by molar-refractivity contribution is 0.792. The van der Waals surface area contributed by atoms with E-state index < -0.39 is 0 Å². The molecule has 1 atom stereocenters. The van der Waals surface area contributed by atoms with Crippen molar-refractivity contribution in [2.45, 2.75) is 40.7 Å². The summed E-state index contributed by atoms with van der Waals surface area (Å²) in [6, 6.07) is 8.55. The molecule has 0 fully saturated rings. The molecule has 1 unspecified atom stereocenters. The molecule has 0 spiro atoms. The molecule has 24 heavy (non-hydrogen) atoms. The van der Waals surface area contributed by atoms with E-state index in [1.807, 2.05) is 24.6 Å². The molecule has 0 bridgehead atoms. The molecule has 3 rings (SSSR count). The number of nitrogens with zero attached hydrogens (tertiary/aromatic N) is 4. The van der Waals surface area contributed by atoms with Gasteiger partial charge < -0.3 is 5.32 Å². The molecule has 0 aliphatic carbocycles. The van der Waals surface area contributed by atoms with Crippen molar-refractivity contribution in [3.63, 3.8) is 0 Å². The zero-order chi connectivity index (χ0) is 17.3. The van der Waals surface area contributed by atoms with E-state index in [1.54, 1.807) is 12.4 Å². The summed E-state index contributed by atoms with van der Waals surface area (Å²) >= 11 is 0. The Balaban J connectivity index is 1.87. The van der Waals surface area contributed by atoms with Crippen molar-refractivity contribution in [2.75, 3.05) is 5.32 Å². The predicted octanol–water partition coefficient (Wildman–Crippen LogP) is 4.07. The topological polar surface area (TPSA) is 55.6 Å². The molecule has 0 radical (unpaired) electrons. The first-order valence-corrected chi connectivity index (χ1v) is 8.14. The van der Waals surface area contributed by atoms with Crippen LogP contribution < -0.4 is 5.32 Å². The van der Waals surface area contributed by atoms with Crippen LogP contribution >= 0.6 is 0 Å². The lowest BCUT2D eigenvalue weighted by Crippen LogP contribution is -2.12. The monoisotopic (exact) mass is 321 g/mol. The van der Waals surface area contributed by atoms with Crippen LogP contribution in [-0.2, 0) is 0 Å². The van der Waals surface area contributed by atoms with Crippen LogP contribution in [0.5, 0.6) is 0 Å². The summed E-state index contributed by atoms with van der Waals surface area (Å²) in [5, 5.41) is 7.92. The summed E-state index contributed by atoms with van der Waals surface area (Å²) < 4.78 is 1.82. The Morgan fingerprint density at radius 1 is 1.08 bits per heavy atom. The van der Waals surface area contributed by atoms with Gasteiger partial charge in [0.15, 0.2) is 5.82 Å². The minimum Gasteiger partial charge on any atom is -0.362 e. The van der Waals surface area contributed by atoms with Crippen molar-refractivity contribution in [2.24, 2.45) is 0 Å². The number of benzene rings is 1. The summed E-state index contributed by atoms with van der Waals surface area (Å²) in [6.07, 6.45) is 3.48. The van der Waals surface area contributed by atoms with Crippen LogP contribution in [0.1, 0.15) is 41.0 Å². The molecule has 0 aliphatic heterocycles. The van der Waals surface area contributed by atoms with E-state index in [4.69, 9.17) is 0 Å². The van der Waals surface area contributed by atoms with E-state index in [1.165, 1.54) is 16.7 Å². The van der Waals surface area contributed by atoms with Gasteiger partial charge in [-0.25, -0.2) is 9.67 Å². The molecule has 1 N–H and O–H groups in total. The molecule has 5 nitrogen and oxygen atoms in total. The van der Waals surface area contributed by atoms with Gasteiger partial charge in [0.05, 0.1) is 24.1 Å². The smallest absolute Gasteiger partial charge is 0.174 e. The lowest BCUT2D eigenvalue weighted by atomic mass is 9.98. The van der Waals surface area contributed by atoms with Gasteiger partial charge >= 0.3 is 0 Å². The number of hydrogen-bond donors (Lipinski definition) is 1. The highest BCUT2D eigenvalue weighted by Gasteiger charge is 2.12. The quantitative estimate of drug-likeness (QED) is 0.787. The van der Waals surface area contributed by atoms with Gasteiger partial charge in [-0.15, -0.1) is 0 Å². The van der Waals surface area contributed by atoms with Crippen LogP contribution in [0, 0.1) is 27.7 Å². The first kappa shape index (κ1) is 16.2. The fourth-order valence-electron chi connectivity index (χ4n) is 2.93. The van der Waals surface area contributed by atoms with Crippen LogP contribution in [0.15, 0.2) is 36.7 Å². The van der Waals surface area contributed by atoms with Crippen LogP contribution in [0.25, 0.3) is 5.82 Å². The first-order chi connectivity index (χ1) is 11.5. The van der Waals surface area contributed by atoms with E-state index in [0.29, 0.717) is 0 Å². The third-order valence-corrected chi connectivity index (χ3v) is 4.33. The van der Waals surface area contributed by atoms with Crippen molar-refractivity contribution < 1.29 is 0 Å². The van der Waals surface area contributed by atoms with Crippen molar-refractivity contribution in [3.8, 4) is 5.82 Å². The summed E-state index contributed by atoms with van der Waals surface area (Å²) in [5.41, 5.74) is 5.88. The van der Waals surface area contributed by atoms with Gasteiger partial charge in [0.2, 0.25) is 0 Å². The Kier molecular flexibility index (Phi) is 4.34. The molecule has 1 aromatic carbocycles. The number of hydrogen-bond acceptors (Lipinski definition) is 4. The Morgan fingerprint density at radius 2 is 1.88 bits per heavy atom. The Bertz CT molecular complexity index is 866. The van der Waals surface area contributed by atoms with Crippen LogP contribution in [0.2, 0.25) is 0 Å². The largest absolute Gasteiger partial charge is 0.362 e. The van der Waals surface area contributed by atoms with Crippen LogP contribution in [-0.4, -0.2) is 19.7 Å². The fraction of sp³-hybridized carbons (Fsp3) is 0.316. The van der Waals surface area contributed by atoms with Gasteiger partial charge in [-0.1, -0.05) is 18.2 Å². The van der Waals surface area contributed by atoms with Crippen molar-refractivity contribution in [3.05, 3.63) is 64.7 Å². The lowest BCUT2D eigenvalue weighted by Gasteiger charge is -2.18. The highest BCUT2D eigenvalue weighted by atomic mass is 15.3. The molecule has 2 aromatic heterocycles. The molecule has 0 saturated heterocycles. The zero-order valence-electron chi connectivity index (χ0n) is 14.8. The van der Waals surface area contributed by atoms with Crippen molar-refractivity contribution in [1.82, 2.24) is 19.7 Å². The number of nitrogens with one attached hydrogen (secondary N) is 1. The second kappa shape index (κ2) is 6.43. The minimum absolute atomic E-state index is 0.148. The molecular formula is C19H23N5. The molecule has 3 aromatic rings. The standard InChI is InChI=1S/C19H23N5/c1-12-7-6-8-17(15(12)4)16(5)21-18-10-20-11-19(22-18)24-14(3)9-13(2)23-24/h6-11,16H,1-5H3,(H,21,22). The fourth-order valence-corrected chi connectivity index (χ4v) is 2.93. The molecule has 124 valence electrons. The van der Waals surface area contributed by atoms with Gasteiger partial charge in [0.1, 0.15) is 5.82 Å². The zero-order valence-corrected chi connectivity index (χ0v) is 14.8. The van der Waals surface area contributed by atoms with Crippen molar-refractivity contribution in [1.29, 1.82) is 0 Å². The molecular weight excluding hydrogens is 298 g/mol. The maximum atomic E-state index is 4.66. The number of rotatable bonds is 4. The van der Waals surface area contributed by atoms with Gasteiger partial charge in [-0.05, 0) is 57.4 Å². The summed E-state index contributed by atoms with van der Waals surface area (Å²) in [5.74, 6) is 1.47. The Hall–Kier alpha value is -2.69. The van der Waals surface area contributed by atoms with Crippen LogP contribution in [0.3, 0.4) is 0 Å².